The Morgan fingerprint density at radius 2 is 1.12 bits per heavy atom. The number of hydrogen-bond acceptors (Lipinski definition) is 9. The first-order valence-corrected chi connectivity index (χ1v) is 18.9. The van der Waals surface area contributed by atoms with Crippen LogP contribution in [0.2, 0.25) is 0 Å². The predicted molar refractivity (Wildman–Crippen MR) is 204 cm³/mol. The fourth-order valence-electron chi connectivity index (χ4n) is 3.25. The number of rotatable bonds is 17. The number of amides is 5. The first-order valence-electron chi connectivity index (χ1n) is 15.3. The molecule has 2 heterocycles. The molecule has 2 aromatic rings. The van der Waals surface area contributed by atoms with Gasteiger partial charge in [-0.05, 0) is 75.4 Å². The molecule has 20 heteroatoms. The summed E-state index contributed by atoms with van der Waals surface area (Å²) in [5.41, 5.74) is 5.78. The molecule has 0 fully saturated rings. The molecule has 9 N–H and O–H groups in total. The van der Waals surface area contributed by atoms with E-state index in [1.54, 1.807) is 13.8 Å². The highest BCUT2D eigenvalue weighted by Crippen LogP contribution is 1.97. The summed E-state index contributed by atoms with van der Waals surface area (Å²) in [7, 11) is 0. The minimum Gasteiger partial charge on any atom is -0.356 e. The Kier molecular flexibility index (Phi) is 31.6. The van der Waals surface area contributed by atoms with Gasteiger partial charge >= 0.3 is 12.1 Å². The number of halogens is 4. The van der Waals surface area contributed by atoms with Crippen molar-refractivity contribution < 1.29 is 19.2 Å². The topological polar surface area (TPSA) is 246 Å². The molecular weight excluding hydrogens is 818 g/mol. The molecule has 0 atom stereocenters. The van der Waals surface area contributed by atoms with Crippen LogP contribution in [-0.4, -0.2) is 86.0 Å². The first-order chi connectivity index (χ1) is 23.4. The molecule has 0 saturated heterocycles. The zero-order valence-corrected chi connectivity index (χ0v) is 32.4. The zero-order chi connectivity index (χ0) is 37.5. The lowest BCUT2D eigenvalue weighted by Crippen LogP contribution is -2.31. The number of nitrogens with two attached hydrogens (primary N) is 1. The molecule has 0 bridgehead atoms. The second kappa shape index (κ2) is 32.2. The number of urea groups is 2. The molecule has 278 valence electrons. The van der Waals surface area contributed by atoms with E-state index in [2.05, 4.69) is 69.1 Å². The largest absolute Gasteiger partial charge is 0.356 e. The Bertz CT molecular complexity index is 1350. The second-order valence-corrected chi connectivity index (χ2v) is 10.9. The Labute approximate surface area is 314 Å². The molecular formula is C29H48Cl3IN10O6. The number of alkyl halides is 3. The van der Waals surface area contributed by atoms with Crippen molar-refractivity contribution in [1.29, 1.82) is 0 Å². The van der Waals surface area contributed by atoms with Gasteiger partial charge in [-0.3, -0.25) is 39.8 Å². The summed E-state index contributed by atoms with van der Waals surface area (Å²) >= 11 is 17.8. The minimum absolute atomic E-state index is 0.00849. The number of nitrogens with one attached hydrogen (secondary N) is 7. The molecule has 0 aliphatic carbocycles. The summed E-state index contributed by atoms with van der Waals surface area (Å²) in [5, 5.41) is 12.7. The summed E-state index contributed by atoms with van der Waals surface area (Å²) in [5.74, 6) is 1.24. The number of aryl methyl sites for hydroxylation is 2. The normalized spacial score (nSPS) is 9.63. The fourth-order valence-corrected chi connectivity index (χ4v) is 3.65. The summed E-state index contributed by atoms with van der Waals surface area (Å²) in [6.07, 6.45) is 5.35. The van der Waals surface area contributed by atoms with Crippen LogP contribution in [0.5, 0.6) is 0 Å². The summed E-state index contributed by atoms with van der Waals surface area (Å²) < 4.78 is 0. The third-order valence-corrected chi connectivity index (χ3v) is 6.10. The molecule has 0 aliphatic heterocycles. The summed E-state index contributed by atoms with van der Waals surface area (Å²) in [6, 6.07) is 1.86. The number of unbranched alkanes of at least 4 members (excludes halogenated alkanes) is 2. The van der Waals surface area contributed by atoms with Crippen molar-refractivity contribution in [2.75, 3.05) is 53.5 Å². The highest BCUT2D eigenvalue weighted by atomic mass is 127. The number of H-pyrrole nitrogens is 2. The molecule has 0 unspecified atom stereocenters. The zero-order valence-electron chi connectivity index (χ0n) is 28.0. The minimum atomic E-state index is -0.440. The number of nitrogens with zero attached hydrogens (tertiary/aromatic N) is 2. The van der Waals surface area contributed by atoms with Gasteiger partial charge in [0.1, 0.15) is 0 Å². The third kappa shape index (κ3) is 30.8. The third-order valence-electron chi connectivity index (χ3n) is 5.38. The maximum absolute atomic E-state index is 11.6. The number of anilines is 2. The monoisotopic (exact) mass is 864 g/mol. The van der Waals surface area contributed by atoms with Gasteiger partial charge < -0.3 is 21.7 Å². The SMILES string of the molecule is CI.Cc1cc(=O)[nH]c(NC(=O)NCCCCN)n1.Cc1cc(=O)[nH]c(NC(=O)NCCCCNC(=O)CCCCl)n1.O=C(Cl)CCCCl. The van der Waals surface area contributed by atoms with Crippen LogP contribution in [0, 0.1) is 13.8 Å². The molecule has 2 aromatic heterocycles. The molecule has 0 aromatic carbocycles. The molecule has 0 aliphatic rings. The number of aromatic amines is 2. The molecule has 0 spiro atoms. The number of hydrogen-bond donors (Lipinski definition) is 8. The van der Waals surface area contributed by atoms with Crippen LogP contribution in [0.25, 0.3) is 0 Å². The Morgan fingerprint density at radius 3 is 1.49 bits per heavy atom. The van der Waals surface area contributed by atoms with E-state index in [-0.39, 0.29) is 34.2 Å². The van der Waals surface area contributed by atoms with Crippen molar-refractivity contribution >= 4 is 92.5 Å². The number of carbonyl (C=O) groups is 4. The van der Waals surface area contributed by atoms with Gasteiger partial charge in [-0.2, -0.15) is 0 Å². The molecule has 0 radical (unpaired) electrons. The van der Waals surface area contributed by atoms with Crippen LogP contribution in [-0.2, 0) is 9.59 Å². The van der Waals surface area contributed by atoms with E-state index in [1.165, 1.54) is 12.1 Å². The average Bonchev–Trinajstić information content (AvgIpc) is 3.03. The van der Waals surface area contributed by atoms with Gasteiger partial charge in [-0.25, -0.2) is 19.6 Å². The number of aromatic nitrogens is 4. The van der Waals surface area contributed by atoms with Gasteiger partial charge in [0.15, 0.2) is 0 Å². The summed E-state index contributed by atoms with van der Waals surface area (Å²) in [4.78, 5) is 81.4. The van der Waals surface area contributed by atoms with Crippen molar-refractivity contribution in [1.82, 2.24) is 35.9 Å². The van der Waals surface area contributed by atoms with Crippen LogP contribution in [0.4, 0.5) is 21.5 Å². The molecule has 5 amide bonds. The van der Waals surface area contributed by atoms with Gasteiger partial charge in [0.25, 0.3) is 11.1 Å². The maximum atomic E-state index is 11.6. The fraction of sp³-hybridized carbons (Fsp3) is 0.586. The van der Waals surface area contributed by atoms with Gasteiger partial charge in [-0.15, -0.1) is 23.2 Å². The van der Waals surface area contributed by atoms with Crippen LogP contribution in [0.15, 0.2) is 21.7 Å². The van der Waals surface area contributed by atoms with E-state index in [0.717, 1.165) is 25.7 Å². The number of carbonyl (C=O) groups excluding carboxylic acids is 4. The van der Waals surface area contributed by atoms with E-state index >= 15 is 0 Å². The highest BCUT2D eigenvalue weighted by molar-refractivity contribution is 14.1. The van der Waals surface area contributed by atoms with Gasteiger partial charge in [0.2, 0.25) is 23.0 Å². The summed E-state index contributed by atoms with van der Waals surface area (Å²) in [6.45, 7) is 5.52. The quantitative estimate of drug-likeness (QED) is 0.0497. The maximum Gasteiger partial charge on any atom is 0.321 e. The lowest BCUT2D eigenvalue weighted by molar-refractivity contribution is -0.121. The van der Waals surface area contributed by atoms with Crippen LogP contribution < -0.4 is 43.4 Å². The van der Waals surface area contributed by atoms with Gasteiger partial charge in [-0.1, -0.05) is 22.6 Å². The lowest BCUT2D eigenvalue weighted by Gasteiger charge is -2.07. The Morgan fingerprint density at radius 1 is 0.714 bits per heavy atom. The standard InChI is InChI=1S/C14H22ClN5O3.C10H17N5O2.C4H6Cl2O.CH3I/c1-10-9-12(22)19-13(18-10)20-14(23)17-8-3-2-7-16-11(21)5-4-6-15;1-7-6-8(16)14-9(13-7)15-10(17)12-5-3-2-4-11;5-3-1-2-4(6)7;1-2/h9H,2-8H2,1H3,(H,16,21)(H3,17,18,19,20,22,23);6H,2-5,11H2,1H3,(H3,12,13,14,15,16,17);1-3H2;1H3. The average molecular weight is 866 g/mol. The van der Waals surface area contributed by atoms with Crippen LogP contribution >= 0.6 is 57.4 Å². The first kappa shape index (κ1) is 48.1. The van der Waals surface area contributed by atoms with Gasteiger partial charge in [0.05, 0.1) is 0 Å². The van der Waals surface area contributed by atoms with Crippen molar-refractivity contribution in [3.63, 3.8) is 0 Å². The lowest BCUT2D eigenvalue weighted by atomic mass is 10.3. The Balaban J connectivity index is 0. The molecule has 2 rings (SSSR count). The van der Waals surface area contributed by atoms with Crippen LogP contribution in [0.3, 0.4) is 0 Å². The molecule has 16 nitrogen and oxygen atoms in total. The van der Waals surface area contributed by atoms with E-state index in [0.29, 0.717) is 75.0 Å². The Hall–Kier alpha value is -3.00. The van der Waals surface area contributed by atoms with E-state index < -0.39 is 12.1 Å². The van der Waals surface area contributed by atoms with Crippen molar-refractivity contribution in [3.05, 3.63) is 44.2 Å². The highest BCUT2D eigenvalue weighted by Gasteiger charge is 2.05. The molecule has 0 saturated carbocycles. The van der Waals surface area contributed by atoms with E-state index in [1.807, 2.05) is 4.93 Å². The molecule has 49 heavy (non-hydrogen) atoms. The van der Waals surface area contributed by atoms with Crippen LogP contribution in [0.1, 0.15) is 62.8 Å². The smallest absolute Gasteiger partial charge is 0.321 e. The van der Waals surface area contributed by atoms with Crippen molar-refractivity contribution in [3.8, 4) is 0 Å². The second-order valence-electron chi connectivity index (χ2n) is 9.73. The van der Waals surface area contributed by atoms with E-state index in [4.69, 9.17) is 40.5 Å². The van der Waals surface area contributed by atoms with Gasteiger partial charge in [0, 0.05) is 67.8 Å². The van der Waals surface area contributed by atoms with Crippen molar-refractivity contribution in [2.24, 2.45) is 5.73 Å². The van der Waals surface area contributed by atoms with Crippen molar-refractivity contribution in [2.45, 2.75) is 65.2 Å². The van der Waals surface area contributed by atoms with E-state index in [9.17, 15) is 28.8 Å². The predicted octanol–water partition coefficient (Wildman–Crippen LogP) is 3.88.